The number of halogens is 3. The molecule has 0 fully saturated rings. The van der Waals surface area contributed by atoms with E-state index in [9.17, 15) is 13.6 Å². The van der Waals surface area contributed by atoms with Gasteiger partial charge in [0, 0.05) is 4.47 Å². The maximum Gasteiger partial charge on any atom is 0.234 e. The molecule has 0 radical (unpaired) electrons. The van der Waals surface area contributed by atoms with Crippen LogP contribution < -0.4 is 5.32 Å². The van der Waals surface area contributed by atoms with Gasteiger partial charge in [0.2, 0.25) is 5.91 Å². The number of benzene rings is 1. The van der Waals surface area contributed by atoms with Gasteiger partial charge in [-0.3, -0.25) is 4.79 Å². The van der Waals surface area contributed by atoms with Crippen molar-refractivity contribution in [1.82, 2.24) is 0 Å². The molecule has 0 spiro atoms. The monoisotopic (exact) mass is 295 g/mol. The molecule has 0 aliphatic carbocycles. The van der Waals surface area contributed by atoms with Gasteiger partial charge >= 0.3 is 0 Å². The van der Waals surface area contributed by atoms with Crippen molar-refractivity contribution in [3.05, 3.63) is 28.2 Å². The Morgan fingerprint density at radius 3 is 2.47 bits per heavy atom. The van der Waals surface area contributed by atoms with E-state index in [0.717, 1.165) is 12.1 Å². The zero-order chi connectivity index (χ0) is 11.4. The normalized spacial score (nSPS) is 10.1. The molecule has 1 rings (SSSR count). The standard InChI is InChI=1S/C9H8BrF2NOS/c1-15-4-8(14)13-9-6(11)2-5(10)3-7(9)12/h2-3H,4H2,1H3,(H,13,14). The summed E-state index contributed by atoms with van der Waals surface area (Å²) in [7, 11) is 0. The fourth-order valence-electron chi connectivity index (χ4n) is 0.968. The average molecular weight is 296 g/mol. The summed E-state index contributed by atoms with van der Waals surface area (Å²) in [5.74, 6) is -1.86. The van der Waals surface area contributed by atoms with Crippen molar-refractivity contribution in [2.45, 2.75) is 0 Å². The minimum Gasteiger partial charge on any atom is -0.320 e. The highest BCUT2D eigenvalue weighted by Crippen LogP contribution is 2.23. The van der Waals surface area contributed by atoms with Gasteiger partial charge in [-0.25, -0.2) is 8.78 Å². The second-order valence-electron chi connectivity index (χ2n) is 2.73. The molecule has 0 saturated heterocycles. The number of carbonyl (C=O) groups excluding carboxylic acids is 1. The van der Waals surface area contributed by atoms with E-state index in [4.69, 9.17) is 0 Å². The molecule has 1 amide bonds. The lowest BCUT2D eigenvalue weighted by Crippen LogP contribution is -2.16. The van der Waals surface area contributed by atoms with E-state index in [1.165, 1.54) is 11.8 Å². The smallest absolute Gasteiger partial charge is 0.234 e. The highest BCUT2D eigenvalue weighted by atomic mass is 79.9. The Morgan fingerprint density at radius 1 is 1.47 bits per heavy atom. The lowest BCUT2D eigenvalue weighted by Gasteiger charge is -2.07. The fourth-order valence-corrected chi connectivity index (χ4v) is 1.70. The fraction of sp³-hybridized carbons (Fsp3) is 0.222. The molecule has 0 bridgehead atoms. The van der Waals surface area contributed by atoms with Crippen LogP contribution in [0.25, 0.3) is 0 Å². The zero-order valence-electron chi connectivity index (χ0n) is 7.81. The maximum absolute atomic E-state index is 13.2. The highest BCUT2D eigenvalue weighted by Gasteiger charge is 2.12. The second kappa shape index (κ2) is 5.46. The Morgan fingerprint density at radius 2 is 2.00 bits per heavy atom. The third kappa shape index (κ3) is 3.46. The molecule has 0 heterocycles. The highest BCUT2D eigenvalue weighted by molar-refractivity contribution is 9.10. The van der Waals surface area contributed by atoms with Crippen molar-refractivity contribution >= 4 is 39.3 Å². The van der Waals surface area contributed by atoms with Crippen molar-refractivity contribution in [2.24, 2.45) is 0 Å². The topological polar surface area (TPSA) is 29.1 Å². The van der Waals surface area contributed by atoms with Crippen molar-refractivity contribution < 1.29 is 13.6 Å². The SMILES string of the molecule is CSCC(=O)Nc1c(F)cc(Br)cc1F. The molecule has 1 aromatic carbocycles. The molecular formula is C9H8BrF2NOS. The van der Waals surface area contributed by atoms with Crippen LogP contribution in [0.2, 0.25) is 0 Å². The van der Waals surface area contributed by atoms with E-state index in [1.807, 2.05) is 0 Å². The summed E-state index contributed by atoms with van der Waals surface area (Å²) in [4.78, 5) is 11.1. The minimum absolute atomic E-state index is 0.162. The second-order valence-corrected chi connectivity index (χ2v) is 4.51. The van der Waals surface area contributed by atoms with E-state index in [-0.39, 0.29) is 5.75 Å². The predicted molar refractivity (Wildman–Crippen MR) is 61.1 cm³/mol. The summed E-state index contributed by atoms with van der Waals surface area (Å²) in [6.45, 7) is 0. The molecule has 0 saturated carbocycles. The van der Waals surface area contributed by atoms with Gasteiger partial charge in [0.15, 0.2) is 11.6 Å². The molecule has 0 aliphatic rings. The van der Waals surface area contributed by atoms with Gasteiger partial charge in [-0.15, -0.1) is 0 Å². The first-order valence-electron chi connectivity index (χ1n) is 3.98. The number of hydrogen-bond acceptors (Lipinski definition) is 2. The molecule has 82 valence electrons. The lowest BCUT2D eigenvalue weighted by atomic mass is 10.3. The molecule has 1 aromatic rings. The molecule has 2 nitrogen and oxygen atoms in total. The van der Waals surface area contributed by atoms with Crippen LogP contribution in [0.4, 0.5) is 14.5 Å². The number of rotatable bonds is 3. The van der Waals surface area contributed by atoms with E-state index in [2.05, 4.69) is 21.2 Å². The van der Waals surface area contributed by atoms with E-state index < -0.39 is 23.2 Å². The van der Waals surface area contributed by atoms with Crippen LogP contribution in [0.15, 0.2) is 16.6 Å². The Bertz CT molecular complexity index is 363. The van der Waals surface area contributed by atoms with Crippen molar-refractivity contribution in [1.29, 1.82) is 0 Å². The van der Waals surface area contributed by atoms with Gasteiger partial charge in [-0.2, -0.15) is 11.8 Å². The summed E-state index contributed by atoms with van der Waals surface area (Å²) < 4.78 is 26.7. The number of anilines is 1. The van der Waals surface area contributed by atoms with Crippen LogP contribution in [0, 0.1) is 11.6 Å². The number of thioether (sulfide) groups is 1. The molecule has 15 heavy (non-hydrogen) atoms. The molecule has 0 atom stereocenters. The summed E-state index contributed by atoms with van der Waals surface area (Å²) in [5, 5.41) is 2.18. The van der Waals surface area contributed by atoms with Gasteiger partial charge in [0.05, 0.1) is 5.75 Å². The first kappa shape index (κ1) is 12.4. The van der Waals surface area contributed by atoms with E-state index in [0.29, 0.717) is 4.47 Å². The maximum atomic E-state index is 13.2. The number of carbonyl (C=O) groups is 1. The molecule has 0 unspecified atom stereocenters. The molecular weight excluding hydrogens is 288 g/mol. The van der Waals surface area contributed by atoms with Gasteiger partial charge in [-0.05, 0) is 18.4 Å². The Kier molecular flexibility index (Phi) is 4.53. The molecule has 0 aromatic heterocycles. The predicted octanol–water partition coefficient (Wildman–Crippen LogP) is 3.03. The van der Waals surface area contributed by atoms with Crippen LogP contribution in [0.5, 0.6) is 0 Å². The van der Waals surface area contributed by atoms with Crippen LogP contribution in [-0.2, 0) is 4.79 Å². The Labute approximate surface area is 98.6 Å². The molecule has 1 N–H and O–H groups in total. The summed E-state index contributed by atoms with van der Waals surface area (Å²) >= 11 is 4.22. The van der Waals surface area contributed by atoms with Crippen LogP contribution >= 0.6 is 27.7 Å². The third-order valence-corrected chi connectivity index (χ3v) is 2.56. The summed E-state index contributed by atoms with van der Waals surface area (Å²) in [5.41, 5.74) is -0.405. The first-order chi connectivity index (χ1) is 7.04. The van der Waals surface area contributed by atoms with Crippen molar-refractivity contribution in [3.8, 4) is 0 Å². The zero-order valence-corrected chi connectivity index (χ0v) is 10.2. The van der Waals surface area contributed by atoms with E-state index >= 15 is 0 Å². The number of hydrogen-bond donors (Lipinski definition) is 1. The lowest BCUT2D eigenvalue weighted by molar-refractivity contribution is -0.113. The Hall–Kier alpha value is -0.620. The van der Waals surface area contributed by atoms with Crippen LogP contribution in [-0.4, -0.2) is 17.9 Å². The number of amides is 1. The van der Waals surface area contributed by atoms with Crippen molar-refractivity contribution in [3.63, 3.8) is 0 Å². The average Bonchev–Trinajstić information content (AvgIpc) is 2.11. The molecule has 6 heteroatoms. The van der Waals surface area contributed by atoms with Crippen LogP contribution in [0.1, 0.15) is 0 Å². The minimum atomic E-state index is -0.795. The largest absolute Gasteiger partial charge is 0.320 e. The van der Waals surface area contributed by atoms with Gasteiger partial charge in [0.25, 0.3) is 0 Å². The summed E-state index contributed by atoms with van der Waals surface area (Å²) in [6, 6.07) is 2.19. The number of nitrogens with one attached hydrogen (secondary N) is 1. The van der Waals surface area contributed by atoms with Gasteiger partial charge in [-0.1, -0.05) is 15.9 Å². The van der Waals surface area contributed by atoms with Gasteiger partial charge < -0.3 is 5.32 Å². The van der Waals surface area contributed by atoms with Gasteiger partial charge in [0.1, 0.15) is 5.69 Å². The third-order valence-electron chi connectivity index (χ3n) is 1.55. The quantitative estimate of drug-likeness (QED) is 0.929. The first-order valence-corrected chi connectivity index (χ1v) is 6.16. The van der Waals surface area contributed by atoms with Crippen LogP contribution in [0.3, 0.4) is 0 Å². The Balaban J connectivity index is 2.90. The van der Waals surface area contributed by atoms with Crippen molar-refractivity contribution in [2.75, 3.05) is 17.3 Å². The molecule has 0 aliphatic heterocycles. The van der Waals surface area contributed by atoms with E-state index in [1.54, 1.807) is 6.26 Å². The summed E-state index contributed by atoms with van der Waals surface area (Å²) in [6.07, 6.45) is 1.73.